The van der Waals surface area contributed by atoms with Crippen LogP contribution in [0.25, 0.3) is 0 Å². The zero-order valence-electron chi connectivity index (χ0n) is 12.7. The summed E-state index contributed by atoms with van der Waals surface area (Å²) in [5, 5.41) is 12.2. The van der Waals surface area contributed by atoms with Gasteiger partial charge in [0.2, 0.25) is 0 Å². The third kappa shape index (κ3) is 3.35. The molecule has 0 aromatic heterocycles. The number of aliphatic hydroxyl groups is 1. The number of piperidine rings is 1. The maximum absolute atomic E-state index is 11.5. The standard InChI is InChI=1S/C19H22ClNO/c20-18-11-7-10-17(14-18)19(22,16-8-3-1-4-9-16)15-21-12-5-2-6-13-21/h1,3-4,7-11,14,22H,2,5-6,12-13,15H2. The van der Waals surface area contributed by atoms with Crippen LogP contribution in [-0.2, 0) is 5.60 Å². The summed E-state index contributed by atoms with van der Waals surface area (Å²) in [6.07, 6.45) is 3.71. The minimum absolute atomic E-state index is 0.608. The summed E-state index contributed by atoms with van der Waals surface area (Å²) >= 11 is 6.16. The summed E-state index contributed by atoms with van der Waals surface area (Å²) in [7, 11) is 0. The number of nitrogens with zero attached hydrogens (tertiary/aromatic N) is 1. The fourth-order valence-electron chi connectivity index (χ4n) is 3.25. The zero-order valence-corrected chi connectivity index (χ0v) is 13.5. The van der Waals surface area contributed by atoms with Gasteiger partial charge < -0.3 is 5.11 Å². The van der Waals surface area contributed by atoms with Crippen LogP contribution in [0.4, 0.5) is 0 Å². The highest BCUT2D eigenvalue weighted by molar-refractivity contribution is 6.30. The highest BCUT2D eigenvalue weighted by Gasteiger charge is 2.34. The Morgan fingerprint density at radius 3 is 2.27 bits per heavy atom. The van der Waals surface area contributed by atoms with E-state index in [1.165, 1.54) is 19.3 Å². The van der Waals surface area contributed by atoms with Crippen LogP contribution in [0.2, 0.25) is 5.02 Å². The van der Waals surface area contributed by atoms with Crippen molar-refractivity contribution in [2.24, 2.45) is 0 Å². The molecule has 116 valence electrons. The molecular formula is C19H22ClNO. The highest BCUT2D eigenvalue weighted by atomic mass is 35.5. The molecule has 1 N–H and O–H groups in total. The van der Waals surface area contributed by atoms with E-state index in [1.807, 2.05) is 54.6 Å². The molecule has 22 heavy (non-hydrogen) atoms. The average Bonchev–Trinajstić information content (AvgIpc) is 2.56. The maximum atomic E-state index is 11.5. The van der Waals surface area contributed by atoms with Crippen LogP contribution in [0.3, 0.4) is 0 Å². The topological polar surface area (TPSA) is 23.5 Å². The second-order valence-electron chi connectivity index (χ2n) is 6.07. The minimum atomic E-state index is -1.02. The molecular weight excluding hydrogens is 294 g/mol. The van der Waals surface area contributed by atoms with Crippen molar-refractivity contribution in [3.05, 3.63) is 70.7 Å². The first kappa shape index (κ1) is 15.5. The van der Waals surface area contributed by atoms with Crippen molar-refractivity contribution in [2.45, 2.75) is 24.9 Å². The Bertz CT molecular complexity index is 610. The molecule has 2 aromatic carbocycles. The molecule has 1 fully saturated rings. The lowest BCUT2D eigenvalue weighted by Crippen LogP contribution is -2.44. The fraction of sp³-hybridized carbons (Fsp3) is 0.368. The van der Waals surface area contributed by atoms with E-state index >= 15 is 0 Å². The van der Waals surface area contributed by atoms with Crippen molar-refractivity contribution in [1.82, 2.24) is 4.90 Å². The monoisotopic (exact) mass is 315 g/mol. The van der Waals surface area contributed by atoms with Crippen LogP contribution >= 0.6 is 11.6 Å². The smallest absolute Gasteiger partial charge is 0.127 e. The van der Waals surface area contributed by atoms with Gasteiger partial charge >= 0.3 is 0 Å². The van der Waals surface area contributed by atoms with Crippen LogP contribution in [-0.4, -0.2) is 29.6 Å². The maximum Gasteiger partial charge on any atom is 0.127 e. The van der Waals surface area contributed by atoms with Gasteiger partial charge in [0.15, 0.2) is 0 Å². The number of hydrogen-bond acceptors (Lipinski definition) is 2. The van der Waals surface area contributed by atoms with E-state index in [9.17, 15) is 5.11 Å². The van der Waals surface area contributed by atoms with Gasteiger partial charge in [-0.2, -0.15) is 0 Å². The summed E-state index contributed by atoms with van der Waals surface area (Å²) in [5.74, 6) is 0. The third-order valence-electron chi connectivity index (χ3n) is 4.45. The molecule has 1 aliphatic heterocycles. The van der Waals surface area contributed by atoms with Gasteiger partial charge in [-0.1, -0.05) is 60.5 Å². The third-order valence-corrected chi connectivity index (χ3v) is 4.69. The van der Waals surface area contributed by atoms with E-state index in [0.29, 0.717) is 11.6 Å². The summed E-state index contributed by atoms with van der Waals surface area (Å²) in [4.78, 5) is 2.36. The van der Waals surface area contributed by atoms with E-state index in [-0.39, 0.29) is 0 Å². The molecule has 0 saturated carbocycles. The second kappa shape index (κ2) is 6.82. The van der Waals surface area contributed by atoms with Crippen molar-refractivity contribution in [1.29, 1.82) is 0 Å². The van der Waals surface area contributed by atoms with Gasteiger partial charge in [-0.05, 0) is 49.2 Å². The van der Waals surface area contributed by atoms with Gasteiger partial charge in [0, 0.05) is 11.6 Å². The predicted molar refractivity (Wildman–Crippen MR) is 91.2 cm³/mol. The normalized spacial score (nSPS) is 18.8. The second-order valence-corrected chi connectivity index (χ2v) is 6.51. The Hall–Kier alpha value is -1.35. The van der Waals surface area contributed by atoms with Gasteiger partial charge in [-0.25, -0.2) is 0 Å². The number of likely N-dealkylation sites (tertiary alicyclic amines) is 1. The summed E-state index contributed by atoms with van der Waals surface area (Å²) in [6, 6.07) is 17.5. The van der Waals surface area contributed by atoms with Gasteiger partial charge in [0.05, 0.1) is 0 Å². The molecule has 2 nitrogen and oxygen atoms in total. The Morgan fingerprint density at radius 2 is 1.59 bits per heavy atom. The van der Waals surface area contributed by atoms with Crippen LogP contribution in [0.15, 0.2) is 54.6 Å². The average molecular weight is 316 g/mol. The van der Waals surface area contributed by atoms with Crippen molar-refractivity contribution in [2.75, 3.05) is 19.6 Å². The van der Waals surface area contributed by atoms with Crippen LogP contribution in [0.1, 0.15) is 30.4 Å². The fourth-order valence-corrected chi connectivity index (χ4v) is 3.44. The molecule has 0 aliphatic carbocycles. The number of rotatable bonds is 4. The number of halogens is 1. The molecule has 3 heteroatoms. The predicted octanol–water partition coefficient (Wildman–Crippen LogP) is 4.06. The zero-order chi connectivity index (χ0) is 15.4. The van der Waals surface area contributed by atoms with E-state index < -0.39 is 5.60 Å². The Labute approximate surface area is 137 Å². The molecule has 1 atom stereocenters. The van der Waals surface area contributed by atoms with Crippen molar-refractivity contribution in [3.63, 3.8) is 0 Å². The number of β-amino-alcohol motifs (C(OH)–C–C–N with tert-alkyl or cyclic N) is 1. The molecule has 3 rings (SSSR count). The Morgan fingerprint density at radius 1 is 0.909 bits per heavy atom. The quantitative estimate of drug-likeness (QED) is 0.919. The van der Waals surface area contributed by atoms with Crippen LogP contribution < -0.4 is 0 Å². The molecule has 0 spiro atoms. The summed E-state index contributed by atoms with van der Waals surface area (Å²) in [6.45, 7) is 2.71. The molecule has 1 unspecified atom stereocenters. The first-order valence-electron chi connectivity index (χ1n) is 7.95. The molecule has 0 amide bonds. The molecule has 0 bridgehead atoms. The lowest BCUT2D eigenvalue weighted by molar-refractivity contribution is 0.0293. The first-order valence-corrected chi connectivity index (χ1v) is 8.32. The van der Waals surface area contributed by atoms with E-state index in [2.05, 4.69) is 4.90 Å². The highest BCUT2D eigenvalue weighted by Crippen LogP contribution is 2.32. The van der Waals surface area contributed by atoms with Gasteiger partial charge in [-0.15, -0.1) is 0 Å². The largest absolute Gasteiger partial charge is 0.379 e. The Kier molecular flexibility index (Phi) is 4.82. The van der Waals surface area contributed by atoms with Gasteiger partial charge in [0.25, 0.3) is 0 Å². The molecule has 0 radical (unpaired) electrons. The lowest BCUT2D eigenvalue weighted by Gasteiger charge is -2.37. The molecule has 1 heterocycles. The van der Waals surface area contributed by atoms with Gasteiger partial charge in [-0.3, -0.25) is 4.90 Å². The van der Waals surface area contributed by atoms with Crippen molar-refractivity contribution >= 4 is 11.6 Å². The summed E-state index contributed by atoms with van der Waals surface area (Å²) in [5.41, 5.74) is 0.753. The van der Waals surface area contributed by atoms with Crippen LogP contribution in [0.5, 0.6) is 0 Å². The molecule has 1 aliphatic rings. The van der Waals surface area contributed by atoms with Crippen LogP contribution in [0, 0.1) is 0 Å². The summed E-state index contributed by atoms with van der Waals surface area (Å²) < 4.78 is 0. The van der Waals surface area contributed by atoms with E-state index in [0.717, 1.165) is 24.2 Å². The van der Waals surface area contributed by atoms with Gasteiger partial charge in [0.1, 0.15) is 5.60 Å². The Balaban J connectivity index is 1.97. The minimum Gasteiger partial charge on any atom is -0.379 e. The molecule has 1 saturated heterocycles. The first-order chi connectivity index (χ1) is 10.7. The molecule has 2 aromatic rings. The van der Waals surface area contributed by atoms with E-state index in [1.54, 1.807) is 0 Å². The SMILES string of the molecule is OC(CN1CCCCC1)(c1ccccc1)c1cccc(Cl)c1. The lowest BCUT2D eigenvalue weighted by atomic mass is 9.85. The number of benzene rings is 2. The van der Waals surface area contributed by atoms with E-state index in [4.69, 9.17) is 11.6 Å². The number of hydrogen-bond donors (Lipinski definition) is 1. The van der Waals surface area contributed by atoms with Crippen molar-refractivity contribution in [3.8, 4) is 0 Å². The van der Waals surface area contributed by atoms with Crippen molar-refractivity contribution < 1.29 is 5.11 Å².